The van der Waals surface area contributed by atoms with Crippen molar-refractivity contribution >= 4 is 5.78 Å². The second-order valence-electron chi connectivity index (χ2n) is 1.25. The van der Waals surface area contributed by atoms with Crippen molar-refractivity contribution in [3.63, 3.8) is 0 Å². The van der Waals surface area contributed by atoms with Crippen LogP contribution in [0.5, 0.6) is 0 Å². The van der Waals surface area contributed by atoms with Gasteiger partial charge in [0.1, 0.15) is 5.78 Å². The third-order valence-corrected chi connectivity index (χ3v) is 0.789. The van der Waals surface area contributed by atoms with Gasteiger partial charge in [-0.3, -0.25) is 4.79 Å². The van der Waals surface area contributed by atoms with Gasteiger partial charge in [-0.15, -0.1) is 0 Å². The van der Waals surface area contributed by atoms with Crippen molar-refractivity contribution in [3.8, 4) is 0 Å². The number of carbonyl (C=O) groups is 1. The summed E-state index contributed by atoms with van der Waals surface area (Å²) in [6.45, 7) is 7.76. The Hall–Kier alpha value is -0.330. The molecule has 0 spiro atoms. The molecule has 8 heavy (non-hydrogen) atoms. The molecule has 0 N–H and O–H groups in total. The third kappa shape index (κ3) is 9.18. The van der Waals surface area contributed by atoms with Crippen molar-refractivity contribution in [1.82, 2.24) is 0 Å². The Balaban J connectivity index is 0. The lowest BCUT2D eigenvalue weighted by molar-refractivity contribution is -0.118. The summed E-state index contributed by atoms with van der Waals surface area (Å²) in [4.78, 5) is 10.2. The maximum Gasteiger partial charge on any atom is 0.132 e. The lowest BCUT2D eigenvalue weighted by atomic mass is 10.3. The van der Waals surface area contributed by atoms with Gasteiger partial charge in [0.05, 0.1) is 0 Å². The average Bonchev–Trinajstić information content (AvgIpc) is 1.91. The molecule has 0 saturated heterocycles. The van der Waals surface area contributed by atoms with E-state index in [0.29, 0.717) is 18.6 Å². The van der Waals surface area contributed by atoms with Crippen LogP contribution in [0, 0.1) is 0 Å². The van der Waals surface area contributed by atoms with Gasteiger partial charge in [0.25, 0.3) is 0 Å². The molecule has 0 radical (unpaired) electrons. The summed E-state index contributed by atoms with van der Waals surface area (Å²) in [5, 5.41) is 0. The molecule has 0 amide bonds. The highest BCUT2D eigenvalue weighted by Crippen LogP contribution is 1.82. The highest BCUT2D eigenvalue weighted by molar-refractivity contribution is 5.77. The fourth-order valence-electron chi connectivity index (χ4n) is 0.250. The molecule has 0 aromatic carbocycles. The van der Waals surface area contributed by atoms with Gasteiger partial charge in [0, 0.05) is 12.8 Å². The lowest BCUT2D eigenvalue weighted by Crippen LogP contribution is -1.88. The minimum atomic E-state index is 0.343. The van der Waals surface area contributed by atoms with Gasteiger partial charge in [0.2, 0.25) is 0 Å². The van der Waals surface area contributed by atoms with Gasteiger partial charge in [-0.2, -0.15) is 0 Å². The van der Waals surface area contributed by atoms with E-state index in [0.717, 1.165) is 0 Å². The van der Waals surface area contributed by atoms with E-state index >= 15 is 0 Å². The Labute approximate surface area is 52.1 Å². The number of Topliss-reactive ketones (excluding diaryl/α,β-unsaturated/α-hetero) is 1. The molecule has 0 aliphatic carbocycles. The Bertz CT molecular complexity index is 42.3. The van der Waals surface area contributed by atoms with Crippen molar-refractivity contribution in [1.29, 1.82) is 0 Å². The third-order valence-electron chi connectivity index (χ3n) is 0.789. The van der Waals surface area contributed by atoms with Crippen molar-refractivity contribution < 1.29 is 4.79 Å². The second-order valence-corrected chi connectivity index (χ2v) is 1.25. The molecule has 0 aliphatic rings. The molecular formula is C7H16O. The van der Waals surface area contributed by atoms with Gasteiger partial charge in [-0.25, -0.2) is 0 Å². The highest BCUT2D eigenvalue weighted by atomic mass is 16.1. The van der Waals surface area contributed by atoms with E-state index in [2.05, 4.69) is 0 Å². The van der Waals surface area contributed by atoms with E-state index in [4.69, 9.17) is 0 Å². The van der Waals surface area contributed by atoms with Crippen LogP contribution in [0.2, 0.25) is 0 Å². The van der Waals surface area contributed by atoms with Gasteiger partial charge < -0.3 is 0 Å². The van der Waals surface area contributed by atoms with Crippen LogP contribution in [0.3, 0.4) is 0 Å². The smallest absolute Gasteiger partial charge is 0.132 e. The normalized spacial score (nSPS) is 7.00. The zero-order chi connectivity index (χ0) is 6.99. The number of hydrogen-bond acceptors (Lipinski definition) is 1. The van der Waals surface area contributed by atoms with Crippen LogP contribution in [-0.2, 0) is 4.79 Å². The molecule has 1 heteroatoms. The lowest BCUT2D eigenvalue weighted by Gasteiger charge is -1.81. The van der Waals surface area contributed by atoms with E-state index < -0.39 is 0 Å². The van der Waals surface area contributed by atoms with Gasteiger partial charge in [-0.1, -0.05) is 27.7 Å². The van der Waals surface area contributed by atoms with Gasteiger partial charge in [0.15, 0.2) is 0 Å². The Morgan fingerprint density at radius 3 is 1.38 bits per heavy atom. The number of carbonyl (C=O) groups excluding carboxylic acids is 1. The molecule has 1 nitrogen and oxygen atoms in total. The minimum absolute atomic E-state index is 0.343. The van der Waals surface area contributed by atoms with Crippen LogP contribution in [0.15, 0.2) is 0 Å². The summed E-state index contributed by atoms with van der Waals surface area (Å²) in [7, 11) is 0. The summed E-state index contributed by atoms with van der Waals surface area (Å²) < 4.78 is 0. The van der Waals surface area contributed by atoms with E-state index in [-0.39, 0.29) is 0 Å². The van der Waals surface area contributed by atoms with Crippen molar-refractivity contribution in [2.24, 2.45) is 0 Å². The maximum atomic E-state index is 10.2. The van der Waals surface area contributed by atoms with E-state index in [1.54, 1.807) is 0 Å². The average molecular weight is 116 g/mol. The van der Waals surface area contributed by atoms with Crippen LogP contribution in [-0.4, -0.2) is 5.78 Å². The first-order valence-electron chi connectivity index (χ1n) is 3.33. The molecule has 0 aromatic heterocycles. The summed E-state index contributed by atoms with van der Waals surface area (Å²) in [6.07, 6.45) is 1.38. The predicted octanol–water partition coefficient (Wildman–Crippen LogP) is 2.40. The first kappa shape index (κ1) is 10.6. The molecule has 0 unspecified atom stereocenters. The molecule has 0 fully saturated rings. The van der Waals surface area contributed by atoms with Crippen LogP contribution >= 0.6 is 0 Å². The fourth-order valence-corrected chi connectivity index (χ4v) is 0.250. The van der Waals surface area contributed by atoms with E-state index in [9.17, 15) is 4.79 Å². The monoisotopic (exact) mass is 116 g/mol. The highest BCUT2D eigenvalue weighted by Gasteiger charge is 1.86. The Kier molecular flexibility index (Phi) is 13.0. The van der Waals surface area contributed by atoms with Gasteiger partial charge >= 0.3 is 0 Å². The summed E-state index contributed by atoms with van der Waals surface area (Å²) >= 11 is 0. The first-order chi connectivity index (χ1) is 3.81. The molecule has 0 atom stereocenters. The van der Waals surface area contributed by atoms with Crippen LogP contribution < -0.4 is 0 Å². The molecule has 0 saturated carbocycles. The zero-order valence-corrected chi connectivity index (χ0v) is 6.32. The SMILES string of the molecule is CC.CCC(=O)CC. The predicted molar refractivity (Wildman–Crippen MR) is 36.9 cm³/mol. The van der Waals surface area contributed by atoms with Crippen LogP contribution in [0.4, 0.5) is 0 Å². The molecule has 0 aliphatic heterocycles. The standard InChI is InChI=1S/C5H10O.C2H6/c1-3-5(6)4-2;1-2/h3-4H2,1-2H3;1-2H3. The fraction of sp³-hybridized carbons (Fsp3) is 0.857. The van der Waals surface area contributed by atoms with Crippen molar-refractivity contribution in [3.05, 3.63) is 0 Å². The summed E-state index contributed by atoms with van der Waals surface area (Å²) in [6, 6.07) is 0. The van der Waals surface area contributed by atoms with E-state index in [1.165, 1.54) is 0 Å². The Morgan fingerprint density at radius 2 is 1.38 bits per heavy atom. The Morgan fingerprint density at radius 1 is 1.12 bits per heavy atom. The van der Waals surface area contributed by atoms with Crippen molar-refractivity contribution in [2.75, 3.05) is 0 Å². The number of hydrogen-bond donors (Lipinski definition) is 0. The molecule has 0 aromatic rings. The molecule has 0 heterocycles. The topological polar surface area (TPSA) is 17.1 Å². The number of ketones is 1. The van der Waals surface area contributed by atoms with Crippen LogP contribution in [0.25, 0.3) is 0 Å². The van der Waals surface area contributed by atoms with Crippen molar-refractivity contribution in [2.45, 2.75) is 40.5 Å². The van der Waals surface area contributed by atoms with Crippen LogP contribution in [0.1, 0.15) is 40.5 Å². The maximum absolute atomic E-state index is 10.2. The van der Waals surface area contributed by atoms with E-state index in [1.807, 2.05) is 27.7 Å². The minimum Gasteiger partial charge on any atom is -0.300 e. The molecular weight excluding hydrogens is 100 g/mol. The van der Waals surface area contributed by atoms with Gasteiger partial charge in [-0.05, 0) is 0 Å². The molecule has 0 rings (SSSR count). The number of rotatable bonds is 2. The molecule has 0 bridgehead atoms. The molecule has 50 valence electrons. The largest absolute Gasteiger partial charge is 0.300 e. The quantitative estimate of drug-likeness (QED) is 0.541. The first-order valence-corrected chi connectivity index (χ1v) is 3.33. The summed E-state index contributed by atoms with van der Waals surface area (Å²) in [5.74, 6) is 0.343. The summed E-state index contributed by atoms with van der Waals surface area (Å²) in [5.41, 5.74) is 0. The second kappa shape index (κ2) is 9.83. The zero-order valence-electron chi connectivity index (χ0n) is 6.32.